The van der Waals surface area contributed by atoms with E-state index in [4.69, 9.17) is 4.74 Å². The molecule has 0 aliphatic heterocycles. The molecule has 0 saturated carbocycles. The Morgan fingerprint density at radius 1 is 1.17 bits per heavy atom. The second-order valence-corrected chi connectivity index (χ2v) is 7.15. The highest BCUT2D eigenvalue weighted by atomic mass is 16.5. The number of hydrogen-bond donors (Lipinski definition) is 2. The lowest BCUT2D eigenvalue weighted by atomic mass is 9.82. The Kier molecular flexibility index (Phi) is 5.32. The molecular weight excluding hydrogens is 306 g/mol. The lowest BCUT2D eigenvalue weighted by molar-refractivity contribution is -0.146. The van der Waals surface area contributed by atoms with Crippen LogP contribution in [0.2, 0.25) is 0 Å². The Bertz CT molecular complexity index is 658. The van der Waals surface area contributed by atoms with Crippen LogP contribution in [0.4, 0.5) is 5.69 Å². The Morgan fingerprint density at radius 2 is 1.79 bits per heavy atom. The highest BCUT2D eigenvalue weighted by Gasteiger charge is 2.34. The molecule has 130 valence electrons. The van der Waals surface area contributed by atoms with Gasteiger partial charge in [0.2, 0.25) is 5.91 Å². The number of carboxylic acids is 1. The second-order valence-electron chi connectivity index (χ2n) is 7.15. The van der Waals surface area contributed by atoms with Crippen molar-refractivity contribution in [2.75, 3.05) is 12.4 Å². The SMILES string of the molecule is COc1ccc(C(C)(C)C)cc1NC(=O)[C@@H]1CC=CC[C@@H]1C(=O)O. The summed E-state index contributed by atoms with van der Waals surface area (Å²) in [6.07, 6.45) is 4.51. The van der Waals surface area contributed by atoms with Crippen molar-refractivity contribution in [3.05, 3.63) is 35.9 Å². The first-order valence-electron chi connectivity index (χ1n) is 8.11. The van der Waals surface area contributed by atoms with Crippen molar-refractivity contribution in [1.29, 1.82) is 0 Å². The molecule has 2 N–H and O–H groups in total. The molecule has 5 nitrogen and oxygen atoms in total. The third kappa shape index (κ3) is 3.96. The number of nitrogens with one attached hydrogen (secondary N) is 1. The lowest BCUT2D eigenvalue weighted by Gasteiger charge is -2.25. The third-order valence-corrected chi connectivity index (χ3v) is 4.41. The molecule has 0 saturated heterocycles. The van der Waals surface area contributed by atoms with Gasteiger partial charge in [-0.25, -0.2) is 0 Å². The van der Waals surface area contributed by atoms with Gasteiger partial charge in [0.05, 0.1) is 24.6 Å². The first-order valence-corrected chi connectivity index (χ1v) is 8.11. The number of hydrogen-bond acceptors (Lipinski definition) is 3. The topological polar surface area (TPSA) is 75.6 Å². The van der Waals surface area contributed by atoms with Crippen molar-refractivity contribution >= 4 is 17.6 Å². The number of carbonyl (C=O) groups excluding carboxylic acids is 1. The zero-order valence-corrected chi connectivity index (χ0v) is 14.6. The fourth-order valence-corrected chi connectivity index (χ4v) is 2.87. The molecule has 1 aromatic rings. The number of benzene rings is 1. The minimum atomic E-state index is -0.935. The van der Waals surface area contributed by atoms with E-state index in [0.29, 0.717) is 24.3 Å². The molecule has 0 radical (unpaired) electrons. The Labute approximate surface area is 142 Å². The molecule has 0 unspecified atom stereocenters. The van der Waals surface area contributed by atoms with Crippen molar-refractivity contribution in [2.45, 2.75) is 39.0 Å². The van der Waals surface area contributed by atoms with Crippen LogP contribution >= 0.6 is 0 Å². The monoisotopic (exact) mass is 331 g/mol. The summed E-state index contributed by atoms with van der Waals surface area (Å²) in [6.45, 7) is 6.27. The van der Waals surface area contributed by atoms with Gasteiger partial charge in [-0.1, -0.05) is 39.0 Å². The van der Waals surface area contributed by atoms with Crippen LogP contribution in [0.1, 0.15) is 39.2 Å². The van der Waals surface area contributed by atoms with Crippen LogP contribution in [-0.4, -0.2) is 24.1 Å². The highest BCUT2D eigenvalue weighted by molar-refractivity contribution is 5.96. The number of anilines is 1. The van der Waals surface area contributed by atoms with Gasteiger partial charge in [-0.3, -0.25) is 9.59 Å². The number of carboxylic acid groups (broad SMARTS) is 1. The summed E-state index contributed by atoms with van der Waals surface area (Å²) in [6, 6.07) is 5.69. The third-order valence-electron chi connectivity index (χ3n) is 4.41. The zero-order chi connectivity index (χ0) is 17.9. The Morgan fingerprint density at radius 3 is 2.33 bits per heavy atom. The molecule has 1 aliphatic rings. The fourth-order valence-electron chi connectivity index (χ4n) is 2.87. The first kappa shape index (κ1) is 18.0. The van der Waals surface area contributed by atoms with E-state index in [0.717, 1.165) is 5.56 Å². The van der Waals surface area contributed by atoms with Gasteiger partial charge in [0.25, 0.3) is 0 Å². The summed E-state index contributed by atoms with van der Waals surface area (Å²) in [4.78, 5) is 24.0. The smallest absolute Gasteiger partial charge is 0.307 e. The van der Waals surface area contributed by atoms with Crippen molar-refractivity contribution < 1.29 is 19.4 Å². The molecule has 0 heterocycles. The number of amides is 1. The Balaban J connectivity index is 2.27. The quantitative estimate of drug-likeness (QED) is 0.827. The number of rotatable bonds is 4. The van der Waals surface area contributed by atoms with Crippen LogP contribution in [0.3, 0.4) is 0 Å². The molecule has 2 rings (SSSR count). The predicted molar refractivity (Wildman–Crippen MR) is 93.3 cm³/mol. The maximum Gasteiger partial charge on any atom is 0.307 e. The maximum atomic E-state index is 12.6. The van der Waals surface area contributed by atoms with Crippen LogP contribution in [0.5, 0.6) is 5.75 Å². The number of allylic oxidation sites excluding steroid dienone is 2. The van der Waals surface area contributed by atoms with Crippen LogP contribution in [0.15, 0.2) is 30.4 Å². The van der Waals surface area contributed by atoms with Gasteiger partial charge in [-0.2, -0.15) is 0 Å². The van der Waals surface area contributed by atoms with E-state index in [1.807, 2.05) is 30.4 Å². The van der Waals surface area contributed by atoms with E-state index in [9.17, 15) is 14.7 Å². The van der Waals surface area contributed by atoms with Crippen molar-refractivity contribution in [2.24, 2.45) is 11.8 Å². The molecule has 0 spiro atoms. The van der Waals surface area contributed by atoms with E-state index < -0.39 is 17.8 Å². The molecule has 0 aromatic heterocycles. The highest BCUT2D eigenvalue weighted by Crippen LogP contribution is 2.33. The van der Waals surface area contributed by atoms with Gasteiger partial charge in [0, 0.05) is 0 Å². The predicted octanol–water partition coefficient (Wildman–Crippen LogP) is 3.60. The largest absolute Gasteiger partial charge is 0.495 e. The zero-order valence-electron chi connectivity index (χ0n) is 14.6. The summed E-state index contributed by atoms with van der Waals surface area (Å²) >= 11 is 0. The average molecular weight is 331 g/mol. The minimum Gasteiger partial charge on any atom is -0.495 e. The van der Waals surface area contributed by atoms with Crippen LogP contribution < -0.4 is 10.1 Å². The molecule has 5 heteroatoms. The van der Waals surface area contributed by atoms with Gasteiger partial charge < -0.3 is 15.2 Å². The molecule has 0 fully saturated rings. The fraction of sp³-hybridized carbons (Fsp3) is 0.474. The number of aliphatic carboxylic acids is 1. The summed E-state index contributed by atoms with van der Waals surface area (Å²) in [5, 5.41) is 12.2. The number of methoxy groups -OCH3 is 1. The van der Waals surface area contributed by atoms with E-state index in [-0.39, 0.29) is 11.3 Å². The summed E-state index contributed by atoms with van der Waals surface area (Å²) in [5.41, 5.74) is 1.58. The summed E-state index contributed by atoms with van der Waals surface area (Å²) in [7, 11) is 1.55. The lowest BCUT2D eigenvalue weighted by Crippen LogP contribution is -2.34. The number of carbonyl (C=O) groups is 2. The molecule has 2 atom stereocenters. The van der Waals surface area contributed by atoms with Crippen molar-refractivity contribution in [3.63, 3.8) is 0 Å². The van der Waals surface area contributed by atoms with Crippen molar-refractivity contribution in [3.8, 4) is 5.75 Å². The van der Waals surface area contributed by atoms with Gasteiger partial charge in [-0.15, -0.1) is 0 Å². The molecule has 1 aromatic carbocycles. The maximum absolute atomic E-state index is 12.6. The molecule has 1 amide bonds. The van der Waals surface area contributed by atoms with Crippen LogP contribution in [-0.2, 0) is 15.0 Å². The first-order chi connectivity index (χ1) is 11.2. The summed E-state index contributed by atoms with van der Waals surface area (Å²) in [5.74, 6) is -1.91. The van der Waals surface area contributed by atoms with Crippen molar-refractivity contribution in [1.82, 2.24) is 0 Å². The van der Waals surface area contributed by atoms with E-state index >= 15 is 0 Å². The van der Waals surface area contributed by atoms with Crippen LogP contribution in [0.25, 0.3) is 0 Å². The molecular formula is C19H25NO4. The van der Waals surface area contributed by atoms with E-state index in [1.54, 1.807) is 7.11 Å². The van der Waals surface area contributed by atoms with Gasteiger partial charge in [-0.05, 0) is 36.0 Å². The minimum absolute atomic E-state index is 0.0665. The van der Waals surface area contributed by atoms with Gasteiger partial charge in [0.15, 0.2) is 0 Å². The average Bonchev–Trinajstić information content (AvgIpc) is 2.53. The van der Waals surface area contributed by atoms with Crippen LogP contribution in [0, 0.1) is 11.8 Å². The second kappa shape index (κ2) is 7.07. The van der Waals surface area contributed by atoms with Gasteiger partial charge in [0.1, 0.15) is 5.75 Å². The molecule has 1 aliphatic carbocycles. The Hall–Kier alpha value is -2.30. The standard InChI is InChI=1S/C19H25NO4/c1-19(2,3)12-9-10-16(24-4)15(11-12)20-17(21)13-7-5-6-8-14(13)18(22)23/h5-6,9-11,13-14H,7-8H2,1-4H3,(H,20,21)(H,22,23)/t13-,14+/m1/s1. The van der Waals surface area contributed by atoms with Gasteiger partial charge >= 0.3 is 5.97 Å². The van der Waals surface area contributed by atoms with E-state index in [2.05, 4.69) is 26.1 Å². The molecule has 0 bridgehead atoms. The van der Waals surface area contributed by atoms with E-state index in [1.165, 1.54) is 0 Å². The molecule has 24 heavy (non-hydrogen) atoms. The number of ether oxygens (including phenoxy) is 1. The summed E-state index contributed by atoms with van der Waals surface area (Å²) < 4.78 is 5.33. The normalized spacial score (nSPS) is 20.5.